The van der Waals surface area contributed by atoms with Crippen LogP contribution >= 0.6 is 0 Å². The molecule has 1 N–H and O–H groups in total. The first-order valence-electron chi connectivity index (χ1n) is 17.0. The first-order chi connectivity index (χ1) is 22.9. The number of nitrogens with zero attached hydrogens (tertiary/aromatic N) is 5. The van der Waals surface area contributed by atoms with E-state index in [1.807, 2.05) is 12.1 Å². The zero-order valence-electron chi connectivity index (χ0n) is 26.4. The van der Waals surface area contributed by atoms with E-state index in [1.54, 1.807) is 18.3 Å². The summed E-state index contributed by atoms with van der Waals surface area (Å²) in [7, 11) is 0. The second kappa shape index (κ2) is 12.2. The molecule has 2 aromatic carbocycles. The first kappa shape index (κ1) is 30.4. The third kappa shape index (κ3) is 5.56. The van der Waals surface area contributed by atoms with Gasteiger partial charge in [0.2, 0.25) is 5.91 Å². The molecule has 0 radical (unpaired) electrons. The van der Waals surface area contributed by atoms with Crippen LogP contribution in [0, 0.1) is 17.6 Å². The topological polar surface area (TPSA) is 83.5 Å². The van der Waals surface area contributed by atoms with Gasteiger partial charge in [0, 0.05) is 50.8 Å². The molecule has 1 amide bonds. The SMILES string of the molecule is O=C1CCCc2c(F)ccc3cccc(c23)-c2ncc3c(nc(OCC45CCCN4CC(F)C5)nc3c2F)N2CCCC(CCN1)C2. The summed E-state index contributed by atoms with van der Waals surface area (Å²) < 4.78 is 53.2. The van der Waals surface area contributed by atoms with Gasteiger partial charge < -0.3 is 15.0 Å². The van der Waals surface area contributed by atoms with Crippen molar-refractivity contribution in [2.75, 3.05) is 44.2 Å². The molecule has 0 saturated carbocycles. The number of carbonyl (C=O) groups is 1. The molecular formula is C36H39F3N6O2. The quantitative estimate of drug-likeness (QED) is 0.287. The Morgan fingerprint density at radius 1 is 1.02 bits per heavy atom. The van der Waals surface area contributed by atoms with E-state index in [9.17, 15) is 9.18 Å². The Labute approximate surface area is 271 Å². The molecule has 3 fully saturated rings. The van der Waals surface area contributed by atoms with E-state index in [0.717, 1.165) is 50.6 Å². The molecule has 0 spiro atoms. The van der Waals surface area contributed by atoms with Crippen LogP contribution in [0.2, 0.25) is 0 Å². The van der Waals surface area contributed by atoms with Crippen molar-refractivity contribution in [1.82, 2.24) is 25.2 Å². The Morgan fingerprint density at radius 3 is 2.85 bits per heavy atom. The molecule has 3 saturated heterocycles. The highest BCUT2D eigenvalue weighted by Gasteiger charge is 2.49. The van der Waals surface area contributed by atoms with Crippen molar-refractivity contribution in [3.63, 3.8) is 0 Å². The summed E-state index contributed by atoms with van der Waals surface area (Å²) in [6.07, 6.45) is 6.74. The summed E-state index contributed by atoms with van der Waals surface area (Å²) in [6.45, 7) is 3.44. The number of hydrogen-bond acceptors (Lipinski definition) is 7. The highest BCUT2D eigenvalue weighted by molar-refractivity contribution is 6.01. The summed E-state index contributed by atoms with van der Waals surface area (Å²) in [4.78, 5) is 31.2. The second-order valence-corrected chi connectivity index (χ2v) is 13.8. The number of amides is 1. The molecule has 5 aliphatic heterocycles. The van der Waals surface area contributed by atoms with E-state index in [1.165, 1.54) is 6.07 Å². The second-order valence-electron chi connectivity index (χ2n) is 13.8. The standard InChI is InChI=1S/C36H39F3N6O2/c37-24-17-36(13-4-16-45(36)20-24)21-47-35-42-33-27-18-41-32(31(33)39)26-8-1-6-23-10-11-28(38)25(30(23)26)7-2-9-29(46)40-14-12-22-5-3-15-44(19-22)34(27)43-35/h1,6,8,10-11,18,22,24H,2-5,7,9,12-17,19-21H2,(H,40,46). The highest BCUT2D eigenvalue weighted by Crippen LogP contribution is 2.41. The molecule has 5 aliphatic rings. The average Bonchev–Trinajstić information content (AvgIpc) is 3.60. The van der Waals surface area contributed by atoms with Crippen LogP contribution in [-0.4, -0.2) is 76.8 Å². The third-order valence-electron chi connectivity index (χ3n) is 10.7. The summed E-state index contributed by atoms with van der Waals surface area (Å²) in [6, 6.07) is 8.60. The third-order valence-corrected chi connectivity index (χ3v) is 10.7. The number of benzene rings is 2. The number of carbonyl (C=O) groups excluding carboxylic acids is 1. The number of halogens is 3. The van der Waals surface area contributed by atoms with Crippen LogP contribution < -0.4 is 15.0 Å². The van der Waals surface area contributed by atoms with Crippen molar-refractivity contribution in [1.29, 1.82) is 0 Å². The molecule has 8 nitrogen and oxygen atoms in total. The number of aromatic nitrogens is 3. The van der Waals surface area contributed by atoms with Crippen LogP contribution in [0.1, 0.15) is 56.9 Å². The maximum atomic E-state index is 16.9. The lowest BCUT2D eigenvalue weighted by molar-refractivity contribution is -0.121. The number of fused-ring (bicyclic) bond motifs is 8. The lowest BCUT2D eigenvalue weighted by Crippen LogP contribution is -2.43. The number of nitrogens with one attached hydrogen (secondary N) is 1. The molecule has 9 rings (SSSR count). The van der Waals surface area contributed by atoms with Gasteiger partial charge in [0.1, 0.15) is 35.6 Å². The first-order valence-corrected chi connectivity index (χ1v) is 17.0. The fourth-order valence-corrected chi connectivity index (χ4v) is 8.46. The molecule has 7 heterocycles. The van der Waals surface area contributed by atoms with Gasteiger partial charge in [-0.3, -0.25) is 14.7 Å². The minimum absolute atomic E-state index is 0.0526. The van der Waals surface area contributed by atoms with Gasteiger partial charge in [0.25, 0.3) is 0 Å². The smallest absolute Gasteiger partial charge is 0.319 e. The number of alkyl halides is 1. The lowest BCUT2D eigenvalue weighted by atomic mass is 9.93. The predicted molar refractivity (Wildman–Crippen MR) is 174 cm³/mol. The molecule has 4 aromatic rings. The zero-order valence-corrected chi connectivity index (χ0v) is 26.4. The number of piperidine rings is 1. The Kier molecular flexibility index (Phi) is 7.90. The van der Waals surface area contributed by atoms with Gasteiger partial charge in [0.05, 0.1) is 10.9 Å². The minimum atomic E-state index is -0.899. The summed E-state index contributed by atoms with van der Waals surface area (Å²) in [5, 5.41) is 4.87. The average molecular weight is 645 g/mol. The number of pyridine rings is 1. The number of ether oxygens (including phenoxy) is 1. The van der Waals surface area contributed by atoms with Crippen LogP contribution in [0.15, 0.2) is 36.5 Å². The van der Waals surface area contributed by atoms with E-state index in [-0.39, 0.29) is 36.2 Å². The molecule has 0 aliphatic carbocycles. The van der Waals surface area contributed by atoms with E-state index in [0.29, 0.717) is 72.5 Å². The molecule has 11 heteroatoms. The Bertz CT molecular complexity index is 1860. The van der Waals surface area contributed by atoms with E-state index < -0.39 is 23.3 Å². The number of aryl methyl sites for hydroxylation is 1. The maximum Gasteiger partial charge on any atom is 0.319 e. The summed E-state index contributed by atoms with van der Waals surface area (Å²) >= 11 is 0. The largest absolute Gasteiger partial charge is 0.461 e. The number of anilines is 1. The molecule has 6 bridgehead atoms. The van der Waals surface area contributed by atoms with Gasteiger partial charge in [-0.05, 0) is 79.8 Å². The van der Waals surface area contributed by atoms with Crippen molar-refractivity contribution in [3.05, 3.63) is 53.7 Å². The number of rotatable bonds is 3. The van der Waals surface area contributed by atoms with E-state index in [4.69, 9.17) is 9.72 Å². The van der Waals surface area contributed by atoms with Gasteiger partial charge in [-0.1, -0.05) is 24.3 Å². The Hall–Kier alpha value is -3.99. The van der Waals surface area contributed by atoms with Crippen LogP contribution in [0.5, 0.6) is 6.01 Å². The van der Waals surface area contributed by atoms with E-state index in [2.05, 4.69) is 25.1 Å². The molecule has 3 unspecified atom stereocenters. The van der Waals surface area contributed by atoms with Crippen molar-refractivity contribution < 1.29 is 22.7 Å². The van der Waals surface area contributed by atoms with Gasteiger partial charge in [0.15, 0.2) is 5.82 Å². The van der Waals surface area contributed by atoms with Crippen molar-refractivity contribution in [2.24, 2.45) is 5.92 Å². The van der Waals surface area contributed by atoms with Gasteiger partial charge >= 0.3 is 6.01 Å². The molecule has 47 heavy (non-hydrogen) atoms. The summed E-state index contributed by atoms with van der Waals surface area (Å²) in [5.41, 5.74) is 0.649. The molecule has 246 valence electrons. The normalized spacial score (nSPS) is 25.3. The van der Waals surface area contributed by atoms with Crippen LogP contribution in [0.3, 0.4) is 0 Å². The van der Waals surface area contributed by atoms with Crippen molar-refractivity contribution in [2.45, 2.75) is 69.5 Å². The lowest BCUT2D eigenvalue weighted by Gasteiger charge is -2.34. The fourth-order valence-electron chi connectivity index (χ4n) is 8.46. The summed E-state index contributed by atoms with van der Waals surface area (Å²) in [5.74, 6) is -0.220. The fraction of sp³-hybridized carbons (Fsp3) is 0.500. The highest BCUT2D eigenvalue weighted by atomic mass is 19.1. The molecule has 2 aromatic heterocycles. The van der Waals surface area contributed by atoms with E-state index >= 15 is 8.78 Å². The zero-order chi connectivity index (χ0) is 32.1. The Balaban J connectivity index is 1.27. The predicted octanol–water partition coefficient (Wildman–Crippen LogP) is 6.14. The maximum absolute atomic E-state index is 16.9. The van der Waals surface area contributed by atoms with Gasteiger partial charge in [-0.15, -0.1) is 0 Å². The molecular weight excluding hydrogens is 605 g/mol. The van der Waals surface area contributed by atoms with Gasteiger partial charge in [-0.2, -0.15) is 9.97 Å². The van der Waals surface area contributed by atoms with Crippen molar-refractivity contribution in [3.8, 4) is 17.3 Å². The van der Waals surface area contributed by atoms with Crippen LogP contribution in [0.4, 0.5) is 19.0 Å². The molecule has 3 atom stereocenters. The van der Waals surface area contributed by atoms with Crippen LogP contribution in [0.25, 0.3) is 32.9 Å². The number of hydrogen-bond donors (Lipinski definition) is 1. The van der Waals surface area contributed by atoms with Crippen LogP contribution in [-0.2, 0) is 11.2 Å². The minimum Gasteiger partial charge on any atom is -0.461 e. The van der Waals surface area contributed by atoms with Gasteiger partial charge in [-0.25, -0.2) is 13.2 Å². The monoisotopic (exact) mass is 644 g/mol. The van der Waals surface area contributed by atoms with Crippen molar-refractivity contribution >= 4 is 33.4 Å². The Morgan fingerprint density at radius 2 is 1.94 bits per heavy atom.